The minimum absolute atomic E-state index is 0.0834. The lowest BCUT2D eigenvalue weighted by atomic mass is 9.88. The lowest BCUT2D eigenvalue weighted by molar-refractivity contribution is -0.141. The Morgan fingerprint density at radius 2 is 1.68 bits per heavy atom. The van der Waals surface area contributed by atoms with Crippen molar-refractivity contribution in [2.75, 3.05) is 6.61 Å². The van der Waals surface area contributed by atoms with Crippen LogP contribution in [0.25, 0.3) is 10.2 Å². The van der Waals surface area contributed by atoms with Crippen LogP contribution in [0.1, 0.15) is 79.4 Å². The van der Waals surface area contributed by atoms with Gasteiger partial charge in [-0.05, 0) is 38.2 Å². The minimum Gasteiger partial charge on any atom is -0.451 e. The lowest BCUT2D eigenvalue weighted by Gasteiger charge is -2.41. The molecule has 2 aliphatic rings. The first-order valence-corrected chi connectivity index (χ1v) is 12.2. The van der Waals surface area contributed by atoms with Gasteiger partial charge < -0.3 is 14.2 Å². The van der Waals surface area contributed by atoms with E-state index in [4.69, 9.17) is 4.74 Å². The van der Waals surface area contributed by atoms with Gasteiger partial charge in [-0.3, -0.25) is 9.59 Å². The van der Waals surface area contributed by atoms with E-state index in [0.717, 1.165) is 62.7 Å². The number of ether oxygens (including phenoxy) is 1. The fourth-order valence-corrected chi connectivity index (χ4v) is 6.13. The van der Waals surface area contributed by atoms with E-state index in [1.165, 1.54) is 23.7 Å². The first kappa shape index (κ1) is 22.0. The number of fused-ring (bicyclic) bond motifs is 1. The number of rotatable bonds is 5. The van der Waals surface area contributed by atoms with E-state index in [1.807, 2.05) is 0 Å². The third-order valence-electron chi connectivity index (χ3n) is 6.75. The van der Waals surface area contributed by atoms with Gasteiger partial charge in [0.1, 0.15) is 9.71 Å². The number of nitrogens with zero attached hydrogens (tertiary/aromatic N) is 3. The highest BCUT2D eigenvalue weighted by Crippen LogP contribution is 2.31. The molecule has 2 aliphatic carbocycles. The molecule has 2 aromatic rings. The highest BCUT2D eigenvalue weighted by atomic mass is 32.1. The number of hydrogen-bond acceptors (Lipinski definition) is 6. The van der Waals surface area contributed by atoms with Gasteiger partial charge in [-0.15, -0.1) is 11.3 Å². The Bertz CT molecular complexity index is 998. The van der Waals surface area contributed by atoms with E-state index in [-0.39, 0.29) is 30.2 Å². The van der Waals surface area contributed by atoms with Crippen LogP contribution in [-0.4, -0.2) is 45.0 Å². The van der Waals surface area contributed by atoms with Gasteiger partial charge in [0, 0.05) is 19.1 Å². The maximum atomic E-state index is 13.2. The number of thiophene rings is 1. The molecular weight excluding hydrogens is 414 g/mol. The highest BCUT2D eigenvalue weighted by Gasteiger charge is 2.33. The summed E-state index contributed by atoms with van der Waals surface area (Å²) in [5.74, 6) is -0.636. The number of aryl methyl sites for hydroxylation is 2. The first-order valence-electron chi connectivity index (χ1n) is 11.4. The van der Waals surface area contributed by atoms with Gasteiger partial charge >= 0.3 is 5.97 Å². The van der Waals surface area contributed by atoms with Gasteiger partial charge in [-0.1, -0.05) is 38.5 Å². The smallest absolute Gasteiger partial charge is 0.349 e. The molecule has 0 spiro atoms. The molecule has 4 rings (SSSR count). The van der Waals surface area contributed by atoms with Crippen LogP contribution in [-0.2, 0) is 16.6 Å². The fourth-order valence-electron chi connectivity index (χ4n) is 5.09. The molecule has 0 N–H and O–H groups in total. The normalized spacial score (nSPS) is 18.3. The zero-order valence-corrected chi connectivity index (χ0v) is 19.2. The average molecular weight is 446 g/mol. The summed E-state index contributed by atoms with van der Waals surface area (Å²) < 4.78 is 6.87. The molecule has 8 heteroatoms. The molecule has 168 valence electrons. The van der Waals surface area contributed by atoms with Crippen LogP contribution in [0, 0.1) is 6.92 Å². The molecule has 1 amide bonds. The topological polar surface area (TPSA) is 81.5 Å². The van der Waals surface area contributed by atoms with Crippen LogP contribution in [0.5, 0.6) is 0 Å². The zero-order valence-electron chi connectivity index (χ0n) is 18.4. The monoisotopic (exact) mass is 445 g/mol. The maximum Gasteiger partial charge on any atom is 0.349 e. The van der Waals surface area contributed by atoms with Crippen LogP contribution in [0.2, 0.25) is 0 Å². The fraction of sp³-hybridized carbons (Fsp3) is 0.652. The molecule has 31 heavy (non-hydrogen) atoms. The van der Waals surface area contributed by atoms with Gasteiger partial charge in [-0.25, -0.2) is 9.78 Å². The third kappa shape index (κ3) is 4.54. The van der Waals surface area contributed by atoms with Gasteiger partial charge in [0.2, 0.25) is 0 Å². The predicted octanol–water partition coefficient (Wildman–Crippen LogP) is 3.95. The van der Waals surface area contributed by atoms with Gasteiger partial charge in [0.25, 0.3) is 11.5 Å². The van der Waals surface area contributed by atoms with Gasteiger partial charge in [0.15, 0.2) is 6.61 Å². The Labute approximate surface area is 186 Å². The molecule has 0 saturated heterocycles. The zero-order chi connectivity index (χ0) is 22.0. The number of carbonyl (C=O) groups is 2. The van der Waals surface area contributed by atoms with Crippen molar-refractivity contribution in [3.8, 4) is 0 Å². The number of esters is 1. The highest BCUT2D eigenvalue weighted by molar-refractivity contribution is 7.20. The number of amides is 1. The summed E-state index contributed by atoms with van der Waals surface area (Å²) in [6.07, 6.45) is 12.7. The second-order valence-corrected chi connectivity index (χ2v) is 9.86. The maximum absolute atomic E-state index is 13.2. The molecule has 0 aromatic carbocycles. The van der Waals surface area contributed by atoms with Crippen molar-refractivity contribution in [3.05, 3.63) is 27.1 Å². The van der Waals surface area contributed by atoms with E-state index >= 15 is 0 Å². The minimum atomic E-state index is -0.553. The largest absolute Gasteiger partial charge is 0.451 e. The molecule has 0 bridgehead atoms. The molecule has 2 saturated carbocycles. The van der Waals surface area contributed by atoms with E-state index in [0.29, 0.717) is 20.7 Å². The second kappa shape index (κ2) is 9.51. The second-order valence-electron chi connectivity index (χ2n) is 8.86. The van der Waals surface area contributed by atoms with E-state index in [1.54, 1.807) is 14.0 Å². The quantitative estimate of drug-likeness (QED) is 0.651. The number of carbonyl (C=O) groups excluding carboxylic acids is 2. The van der Waals surface area contributed by atoms with Crippen molar-refractivity contribution in [1.82, 2.24) is 14.5 Å². The van der Waals surface area contributed by atoms with Crippen molar-refractivity contribution in [2.24, 2.45) is 7.05 Å². The molecule has 2 aromatic heterocycles. The van der Waals surface area contributed by atoms with Crippen LogP contribution in [0.3, 0.4) is 0 Å². The molecule has 0 atom stereocenters. The Morgan fingerprint density at radius 1 is 1.10 bits per heavy atom. The summed E-state index contributed by atoms with van der Waals surface area (Å²) in [5.41, 5.74) is 0.386. The molecule has 0 aliphatic heterocycles. The average Bonchev–Trinajstić information content (AvgIpc) is 3.13. The summed E-state index contributed by atoms with van der Waals surface area (Å²) in [7, 11) is 1.63. The molecule has 0 radical (unpaired) electrons. The predicted molar refractivity (Wildman–Crippen MR) is 120 cm³/mol. The van der Waals surface area contributed by atoms with E-state index in [9.17, 15) is 14.4 Å². The van der Waals surface area contributed by atoms with Gasteiger partial charge in [0.05, 0.1) is 11.7 Å². The van der Waals surface area contributed by atoms with Crippen molar-refractivity contribution in [3.63, 3.8) is 0 Å². The molecule has 2 heterocycles. The number of aromatic nitrogens is 2. The van der Waals surface area contributed by atoms with Crippen LogP contribution >= 0.6 is 11.3 Å². The van der Waals surface area contributed by atoms with Crippen molar-refractivity contribution in [1.29, 1.82) is 0 Å². The molecular formula is C23H31N3O4S. The van der Waals surface area contributed by atoms with E-state index in [2.05, 4.69) is 9.88 Å². The molecule has 7 nitrogen and oxygen atoms in total. The Kier molecular flexibility index (Phi) is 6.74. The SMILES string of the molecule is Cc1c(C(=O)OCC(=O)N(C2CCCCC2)C2CCCCC2)sc2ncn(C)c(=O)c12. The Balaban J connectivity index is 1.48. The summed E-state index contributed by atoms with van der Waals surface area (Å²) in [6, 6.07) is 0.530. The first-order chi connectivity index (χ1) is 15.0. The summed E-state index contributed by atoms with van der Waals surface area (Å²) in [4.78, 5) is 45.6. The summed E-state index contributed by atoms with van der Waals surface area (Å²) in [5, 5.41) is 0.444. The van der Waals surface area contributed by atoms with Crippen LogP contribution < -0.4 is 5.56 Å². The molecule has 0 unspecified atom stereocenters. The molecule has 2 fully saturated rings. The van der Waals surface area contributed by atoms with Gasteiger partial charge in [-0.2, -0.15) is 0 Å². The van der Waals surface area contributed by atoms with Crippen molar-refractivity contribution < 1.29 is 14.3 Å². The van der Waals surface area contributed by atoms with Crippen LogP contribution in [0.4, 0.5) is 0 Å². The Hall–Kier alpha value is -2.22. The Morgan fingerprint density at radius 3 is 2.26 bits per heavy atom. The lowest BCUT2D eigenvalue weighted by Crippen LogP contribution is -2.50. The summed E-state index contributed by atoms with van der Waals surface area (Å²) in [6.45, 7) is 1.49. The summed E-state index contributed by atoms with van der Waals surface area (Å²) >= 11 is 1.15. The van der Waals surface area contributed by atoms with Crippen molar-refractivity contribution in [2.45, 2.75) is 83.2 Å². The standard InChI is InChI=1S/C23H31N3O4S/c1-15-19-21(24-14-25(2)22(19)28)31-20(15)23(29)30-13-18(27)26(16-9-5-3-6-10-16)17-11-7-4-8-12-17/h14,16-17H,3-13H2,1-2H3. The number of hydrogen-bond donors (Lipinski definition) is 0. The van der Waals surface area contributed by atoms with E-state index < -0.39 is 5.97 Å². The van der Waals surface area contributed by atoms with Crippen LogP contribution in [0.15, 0.2) is 11.1 Å². The third-order valence-corrected chi connectivity index (χ3v) is 7.93. The van der Waals surface area contributed by atoms with Crippen molar-refractivity contribution >= 4 is 33.4 Å².